The van der Waals surface area contributed by atoms with Crippen LogP contribution in [0.3, 0.4) is 0 Å². The molecule has 0 aromatic heterocycles. The van der Waals surface area contributed by atoms with Crippen molar-refractivity contribution in [2.75, 3.05) is 6.54 Å². The highest BCUT2D eigenvalue weighted by Crippen LogP contribution is 2.32. The summed E-state index contributed by atoms with van der Waals surface area (Å²) in [6.07, 6.45) is -5.26. The molecule has 0 aliphatic heterocycles. The molecule has 12 heteroatoms. The summed E-state index contributed by atoms with van der Waals surface area (Å²) in [6, 6.07) is 5.55. The van der Waals surface area contributed by atoms with Crippen molar-refractivity contribution in [3.63, 3.8) is 0 Å². The first-order chi connectivity index (χ1) is 18.6. The first kappa shape index (κ1) is 32.2. The maximum atomic E-state index is 14.0. The zero-order valence-electron chi connectivity index (χ0n) is 21.1. The van der Waals surface area contributed by atoms with E-state index in [4.69, 9.17) is 23.1 Å². The van der Waals surface area contributed by atoms with Gasteiger partial charge in [0, 0.05) is 45.0 Å². The molecule has 0 saturated carbocycles. The Morgan fingerprint density at radius 3 is 2.30 bits per heavy atom. The van der Waals surface area contributed by atoms with E-state index in [-0.39, 0.29) is 57.4 Å². The van der Waals surface area contributed by atoms with Gasteiger partial charge in [-0.3, -0.25) is 4.99 Å². The Balaban J connectivity index is 2.60. The zero-order valence-corrected chi connectivity index (χ0v) is 21.8. The number of nitrogens with two attached hydrogens (primary N) is 2. The van der Waals surface area contributed by atoms with E-state index >= 15 is 0 Å². The van der Waals surface area contributed by atoms with Crippen LogP contribution < -0.4 is 16.8 Å². The Bertz CT molecular complexity index is 1380. The van der Waals surface area contributed by atoms with Crippen molar-refractivity contribution in [1.82, 2.24) is 5.32 Å². The average Bonchev–Trinajstić information content (AvgIpc) is 2.86. The predicted octanol–water partition coefficient (Wildman–Crippen LogP) is 7.29. The van der Waals surface area contributed by atoms with E-state index in [9.17, 15) is 30.7 Å². The van der Waals surface area contributed by atoms with E-state index in [1.165, 1.54) is 18.2 Å². The molecule has 0 radical (unpaired) electrons. The highest BCUT2D eigenvalue weighted by molar-refractivity contribution is 6.31. The molecule has 2 aromatic carbocycles. The fourth-order valence-electron chi connectivity index (χ4n) is 3.42. The molecule has 0 fully saturated rings. The van der Waals surface area contributed by atoms with Crippen molar-refractivity contribution in [1.29, 1.82) is 0 Å². The lowest BCUT2D eigenvalue weighted by Gasteiger charge is -2.18. The van der Waals surface area contributed by atoms with E-state index in [0.29, 0.717) is 17.7 Å². The van der Waals surface area contributed by atoms with Crippen molar-refractivity contribution in [2.45, 2.75) is 25.4 Å². The second-order valence-corrected chi connectivity index (χ2v) is 8.84. The first-order valence-corrected chi connectivity index (χ1v) is 11.9. The van der Waals surface area contributed by atoms with Gasteiger partial charge in [-0.15, -0.1) is 0 Å². The fraction of sp³-hybridized carbons (Fsp3) is 0.179. The van der Waals surface area contributed by atoms with Crippen LogP contribution in [0.15, 0.2) is 95.9 Å². The molecule has 5 N–H and O–H groups in total. The van der Waals surface area contributed by atoms with E-state index in [2.05, 4.69) is 30.0 Å². The normalized spacial score (nSPS) is 13.0. The van der Waals surface area contributed by atoms with Crippen molar-refractivity contribution < 1.29 is 30.7 Å². The minimum absolute atomic E-state index is 0.00519. The molecule has 0 aliphatic rings. The number of hydrogen-bond acceptors (Lipinski definition) is 4. The molecular weight excluding hydrogens is 561 g/mol. The lowest BCUT2D eigenvalue weighted by molar-refractivity contribution is -0.137. The Labute approximate surface area is 231 Å². The van der Waals surface area contributed by atoms with Crippen LogP contribution in [0.25, 0.3) is 5.70 Å². The Morgan fingerprint density at radius 2 is 1.73 bits per heavy atom. The number of benzene rings is 2. The Morgan fingerprint density at radius 1 is 1.05 bits per heavy atom. The van der Waals surface area contributed by atoms with E-state index in [0.717, 1.165) is 18.3 Å². The molecule has 0 spiro atoms. The summed E-state index contributed by atoms with van der Waals surface area (Å²) in [5, 5.41) is 3.02. The van der Waals surface area contributed by atoms with E-state index in [1.807, 2.05) is 0 Å². The molecule has 4 nitrogen and oxygen atoms in total. The van der Waals surface area contributed by atoms with E-state index in [1.54, 1.807) is 0 Å². The molecule has 0 unspecified atom stereocenters. The van der Waals surface area contributed by atoms with Crippen molar-refractivity contribution in [3.8, 4) is 0 Å². The number of nitrogens with one attached hydrogen (secondary N) is 1. The van der Waals surface area contributed by atoms with Gasteiger partial charge in [-0.25, -0.2) is 17.6 Å². The summed E-state index contributed by atoms with van der Waals surface area (Å²) in [4.78, 5) is 3.88. The van der Waals surface area contributed by atoms with Gasteiger partial charge in [-0.05, 0) is 60.9 Å². The maximum absolute atomic E-state index is 14.0. The van der Waals surface area contributed by atoms with Gasteiger partial charge >= 0.3 is 6.18 Å². The van der Waals surface area contributed by atoms with E-state index < -0.39 is 36.3 Å². The third kappa shape index (κ3) is 9.33. The molecule has 2 rings (SSSR count). The highest BCUT2D eigenvalue weighted by Gasteiger charge is 2.31. The van der Waals surface area contributed by atoms with Gasteiger partial charge in [0.2, 0.25) is 0 Å². The van der Waals surface area contributed by atoms with Gasteiger partial charge < -0.3 is 16.8 Å². The predicted molar refractivity (Wildman–Crippen MR) is 144 cm³/mol. The molecular formula is C28H26ClF7N4. The standard InChI is InChI=1S/C28H26ClF7N4/c1-15(16(2)38)24(13-37)26(39-14-27(32)33)12-23(6-4-18-9-21(30)5-7-25(18)29)40-17(3)19-8-20(28(34,35)36)11-22(31)10-19/h5,7-13,27,40H,1-4,6,14,37-38H2/b23-12+,24-13-,39-26?. The first-order valence-electron chi connectivity index (χ1n) is 11.5. The summed E-state index contributed by atoms with van der Waals surface area (Å²) in [5.41, 5.74) is 10.3. The molecule has 0 heterocycles. The van der Waals surface area contributed by atoms with Gasteiger partial charge in [0.25, 0.3) is 6.43 Å². The van der Waals surface area contributed by atoms with Gasteiger partial charge in [-0.1, -0.05) is 31.3 Å². The highest BCUT2D eigenvalue weighted by atomic mass is 35.5. The quantitative estimate of drug-likeness (QED) is 0.139. The van der Waals surface area contributed by atoms with Gasteiger partial charge in [0.1, 0.15) is 18.2 Å². The third-order valence-corrected chi connectivity index (χ3v) is 5.79. The molecule has 0 amide bonds. The number of allylic oxidation sites excluding steroid dienone is 3. The summed E-state index contributed by atoms with van der Waals surface area (Å²) in [7, 11) is 0. The molecule has 2 aromatic rings. The number of alkyl halides is 5. The Kier molecular flexibility index (Phi) is 11.2. The van der Waals surface area contributed by atoms with Crippen LogP contribution in [0, 0.1) is 11.6 Å². The smallest absolute Gasteiger partial charge is 0.404 e. The molecule has 0 atom stereocenters. The SMILES string of the molecule is C=C(N)C(=C)/C(=C/N)C(/C=C(\CCc1cc(F)ccc1Cl)NC(=C)c1cc(F)cc(C(F)(F)F)c1)=NCC(F)F. The summed E-state index contributed by atoms with van der Waals surface area (Å²) < 4.78 is 93.7. The molecule has 0 aliphatic carbocycles. The zero-order chi connectivity index (χ0) is 30.2. The molecule has 214 valence electrons. The lowest BCUT2D eigenvalue weighted by atomic mass is 9.99. The summed E-state index contributed by atoms with van der Waals surface area (Å²) >= 11 is 6.16. The minimum atomic E-state index is -4.83. The number of rotatable bonds is 12. The van der Waals surface area contributed by atoms with Crippen LogP contribution >= 0.6 is 11.6 Å². The van der Waals surface area contributed by atoms with Gasteiger partial charge in [0.15, 0.2) is 0 Å². The minimum Gasteiger partial charge on any atom is -0.404 e. The van der Waals surface area contributed by atoms with Gasteiger partial charge in [-0.2, -0.15) is 13.2 Å². The largest absolute Gasteiger partial charge is 0.416 e. The number of aliphatic imine (C=N–C) groups is 1. The van der Waals surface area contributed by atoms with Gasteiger partial charge in [0.05, 0.1) is 11.3 Å². The summed E-state index contributed by atoms with van der Waals surface area (Å²) in [5.74, 6) is -1.72. The molecule has 0 bridgehead atoms. The number of halogens is 8. The summed E-state index contributed by atoms with van der Waals surface area (Å²) in [6.45, 7) is 10.0. The second kappa shape index (κ2) is 13.9. The van der Waals surface area contributed by atoms with Crippen LogP contribution in [-0.4, -0.2) is 18.7 Å². The number of hydrogen-bond donors (Lipinski definition) is 3. The van der Waals surface area contributed by atoms with Crippen LogP contribution in [-0.2, 0) is 12.6 Å². The van der Waals surface area contributed by atoms with Crippen LogP contribution in [0.5, 0.6) is 0 Å². The molecule has 0 saturated heterocycles. The molecule has 40 heavy (non-hydrogen) atoms. The van der Waals surface area contributed by atoms with Crippen LogP contribution in [0.2, 0.25) is 5.02 Å². The topological polar surface area (TPSA) is 76.4 Å². The van der Waals surface area contributed by atoms with Crippen molar-refractivity contribution >= 4 is 23.0 Å². The number of aryl methyl sites for hydroxylation is 1. The van der Waals surface area contributed by atoms with Crippen molar-refractivity contribution in [2.24, 2.45) is 16.5 Å². The number of nitrogens with zero attached hydrogens (tertiary/aromatic N) is 1. The monoisotopic (exact) mass is 586 g/mol. The van der Waals surface area contributed by atoms with Crippen LogP contribution in [0.4, 0.5) is 30.7 Å². The van der Waals surface area contributed by atoms with Crippen molar-refractivity contribution in [3.05, 3.63) is 124 Å². The third-order valence-electron chi connectivity index (χ3n) is 5.42. The average molecular weight is 587 g/mol. The van der Waals surface area contributed by atoms with Crippen LogP contribution in [0.1, 0.15) is 23.1 Å². The fourth-order valence-corrected chi connectivity index (χ4v) is 3.64. The second-order valence-electron chi connectivity index (χ2n) is 8.44. The maximum Gasteiger partial charge on any atom is 0.416 e. The Hall–Kier alpha value is -3.99. The lowest BCUT2D eigenvalue weighted by Crippen LogP contribution is -2.18.